The molecule has 0 aliphatic carbocycles. The predicted molar refractivity (Wildman–Crippen MR) is 148 cm³/mol. The molecule has 5 nitrogen and oxygen atoms in total. The Morgan fingerprint density at radius 2 is 1.56 bits per heavy atom. The van der Waals surface area contributed by atoms with Gasteiger partial charge in [0.1, 0.15) is 18.1 Å². The van der Waals surface area contributed by atoms with Gasteiger partial charge in [0.05, 0.1) is 17.8 Å². The third kappa shape index (κ3) is 5.29. The molecule has 0 N–H and O–H groups in total. The van der Waals surface area contributed by atoms with Gasteiger partial charge in [-0.15, -0.1) is 0 Å². The van der Waals surface area contributed by atoms with E-state index in [9.17, 15) is 8.78 Å². The second kappa shape index (κ2) is 10.5. The van der Waals surface area contributed by atoms with Gasteiger partial charge in [-0.2, -0.15) is 0 Å². The van der Waals surface area contributed by atoms with E-state index in [1.807, 2.05) is 53.6 Å². The third-order valence-electron chi connectivity index (χ3n) is 6.73. The Hall–Kier alpha value is -4.78. The number of pyridine rings is 1. The highest BCUT2D eigenvalue weighted by atomic mass is 19.2. The molecule has 6 rings (SSSR count). The summed E-state index contributed by atoms with van der Waals surface area (Å²) in [4.78, 5) is 8.82. The summed E-state index contributed by atoms with van der Waals surface area (Å²) in [6.07, 6.45) is 7.84. The molecule has 0 saturated carbocycles. The first kappa shape index (κ1) is 24.6. The molecule has 0 spiro atoms. The number of hydrogen-bond acceptors (Lipinski definition) is 3. The van der Waals surface area contributed by atoms with Crippen molar-refractivity contribution in [1.82, 2.24) is 19.1 Å². The van der Waals surface area contributed by atoms with Gasteiger partial charge < -0.3 is 13.9 Å². The largest absolute Gasteiger partial charge is 0.492 e. The first-order valence-corrected chi connectivity index (χ1v) is 12.7. The molecule has 7 heteroatoms. The standard InChI is InChI=1S/C32H26F2N4O/c1-22-19-25(39-18-17-37-14-2-3-15-37)11-12-26(22)24-9-7-23(8-10-24)20-38-16-13-29-30(21-38)36-32(35-29)27-5-4-6-28(33)31(27)34/h2-16,19,21H,17-18,20H2,1H3. The summed E-state index contributed by atoms with van der Waals surface area (Å²) in [5.74, 6) is -0.809. The summed E-state index contributed by atoms with van der Waals surface area (Å²) in [7, 11) is 0. The second-order valence-electron chi connectivity index (χ2n) is 9.48. The van der Waals surface area contributed by atoms with Crippen LogP contribution in [0.3, 0.4) is 0 Å². The number of halogens is 2. The molecule has 39 heavy (non-hydrogen) atoms. The van der Waals surface area contributed by atoms with Gasteiger partial charge in [-0.05, 0) is 71.6 Å². The number of ether oxygens (including phenoxy) is 1. The van der Waals surface area contributed by atoms with Gasteiger partial charge in [0.2, 0.25) is 0 Å². The maximum Gasteiger partial charge on any atom is 0.169 e. The fraction of sp³-hybridized carbons (Fsp3) is 0.125. The number of benzene rings is 3. The maximum atomic E-state index is 14.2. The fourth-order valence-corrected chi connectivity index (χ4v) is 4.69. The average Bonchev–Trinajstić information content (AvgIpc) is 3.61. The zero-order valence-electron chi connectivity index (χ0n) is 21.4. The monoisotopic (exact) mass is 520 g/mol. The summed E-state index contributed by atoms with van der Waals surface area (Å²) in [5, 5.41) is 0. The van der Waals surface area contributed by atoms with Crippen LogP contribution < -0.4 is 4.74 Å². The summed E-state index contributed by atoms with van der Waals surface area (Å²) >= 11 is 0. The normalized spacial score (nSPS) is 11.3. The molecular formula is C32H26F2N4O. The number of hydrogen-bond donors (Lipinski definition) is 0. The number of aryl methyl sites for hydroxylation is 1. The van der Waals surface area contributed by atoms with Crippen molar-refractivity contribution in [3.63, 3.8) is 0 Å². The lowest BCUT2D eigenvalue weighted by Gasteiger charge is -2.12. The van der Waals surface area contributed by atoms with Crippen LogP contribution >= 0.6 is 0 Å². The van der Waals surface area contributed by atoms with Gasteiger partial charge in [-0.25, -0.2) is 18.7 Å². The van der Waals surface area contributed by atoms with E-state index >= 15 is 0 Å². The Morgan fingerprint density at radius 1 is 0.769 bits per heavy atom. The summed E-state index contributed by atoms with van der Waals surface area (Å²) in [5.41, 5.74) is 5.90. The number of aromatic nitrogens is 4. The molecule has 2 aliphatic heterocycles. The Labute approximate surface area is 225 Å². The van der Waals surface area contributed by atoms with E-state index in [0.717, 1.165) is 40.6 Å². The molecule has 0 bridgehead atoms. The molecule has 0 atom stereocenters. The van der Waals surface area contributed by atoms with Crippen LogP contribution in [0.25, 0.3) is 33.9 Å². The van der Waals surface area contributed by atoms with Crippen molar-refractivity contribution < 1.29 is 13.5 Å². The Bertz CT molecular complexity index is 1690. The average molecular weight is 521 g/mol. The SMILES string of the molecule is Cc1cc(OCCn2cccc2)ccc1-c1ccc(Cn2ccc3nc(-c4cccc(F)c4F)nc-3c2)cc1. The quantitative estimate of drug-likeness (QED) is 0.213. The van der Waals surface area contributed by atoms with E-state index in [4.69, 9.17) is 4.74 Å². The first-order valence-electron chi connectivity index (χ1n) is 12.7. The molecule has 0 saturated heterocycles. The smallest absolute Gasteiger partial charge is 0.169 e. The van der Waals surface area contributed by atoms with Gasteiger partial charge in [-0.1, -0.05) is 36.4 Å². The molecular weight excluding hydrogens is 494 g/mol. The minimum Gasteiger partial charge on any atom is -0.492 e. The second-order valence-corrected chi connectivity index (χ2v) is 9.48. The third-order valence-corrected chi connectivity index (χ3v) is 6.73. The van der Waals surface area contributed by atoms with Crippen LogP contribution in [-0.2, 0) is 13.1 Å². The molecule has 2 aliphatic rings. The van der Waals surface area contributed by atoms with E-state index in [-0.39, 0.29) is 11.4 Å². The number of imidazole rings is 1. The Kier molecular flexibility index (Phi) is 6.63. The highest BCUT2D eigenvalue weighted by molar-refractivity contribution is 5.69. The zero-order chi connectivity index (χ0) is 26.8. The molecule has 1 aromatic heterocycles. The molecule has 3 heterocycles. The van der Waals surface area contributed by atoms with E-state index in [0.29, 0.717) is 24.5 Å². The van der Waals surface area contributed by atoms with Gasteiger partial charge in [0, 0.05) is 31.3 Å². The number of nitrogens with zero attached hydrogens (tertiary/aromatic N) is 4. The highest BCUT2D eigenvalue weighted by Crippen LogP contribution is 2.29. The maximum absolute atomic E-state index is 14.2. The van der Waals surface area contributed by atoms with Crippen molar-refractivity contribution in [3.05, 3.63) is 126 Å². The van der Waals surface area contributed by atoms with Gasteiger partial charge >= 0.3 is 0 Å². The van der Waals surface area contributed by atoms with Crippen LogP contribution in [0, 0.1) is 18.6 Å². The predicted octanol–water partition coefficient (Wildman–Crippen LogP) is 7.23. The van der Waals surface area contributed by atoms with Crippen molar-refractivity contribution in [2.45, 2.75) is 20.0 Å². The van der Waals surface area contributed by atoms with E-state index in [2.05, 4.69) is 57.9 Å². The van der Waals surface area contributed by atoms with Gasteiger partial charge in [0.25, 0.3) is 0 Å². The minimum atomic E-state index is -0.939. The van der Waals surface area contributed by atoms with Crippen LogP contribution in [0.15, 0.2) is 104 Å². The van der Waals surface area contributed by atoms with E-state index in [1.165, 1.54) is 12.1 Å². The summed E-state index contributed by atoms with van der Waals surface area (Å²) in [6, 6.07) is 24.5. The van der Waals surface area contributed by atoms with Crippen molar-refractivity contribution in [2.75, 3.05) is 6.61 Å². The fourth-order valence-electron chi connectivity index (χ4n) is 4.69. The van der Waals surface area contributed by atoms with Crippen molar-refractivity contribution in [3.8, 4) is 39.7 Å². The molecule has 0 fully saturated rings. The van der Waals surface area contributed by atoms with Gasteiger partial charge in [-0.3, -0.25) is 0 Å². The van der Waals surface area contributed by atoms with Crippen LogP contribution in [0.2, 0.25) is 0 Å². The molecule has 0 unspecified atom stereocenters. The lowest BCUT2D eigenvalue weighted by Crippen LogP contribution is -2.06. The molecule has 0 amide bonds. The zero-order valence-corrected chi connectivity index (χ0v) is 21.4. The lowest BCUT2D eigenvalue weighted by molar-refractivity contribution is 0.298. The van der Waals surface area contributed by atoms with Crippen LogP contribution in [0.5, 0.6) is 5.75 Å². The van der Waals surface area contributed by atoms with E-state index < -0.39 is 11.6 Å². The molecule has 0 radical (unpaired) electrons. The van der Waals surface area contributed by atoms with Crippen LogP contribution in [-0.4, -0.2) is 25.7 Å². The Balaban J connectivity index is 1.14. The van der Waals surface area contributed by atoms with Crippen molar-refractivity contribution >= 4 is 0 Å². The van der Waals surface area contributed by atoms with Crippen molar-refractivity contribution in [1.29, 1.82) is 0 Å². The van der Waals surface area contributed by atoms with Crippen LogP contribution in [0.1, 0.15) is 11.1 Å². The number of rotatable bonds is 8. The summed E-state index contributed by atoms with van der Waals surface area (Å²) in [6.45, 7) is 4.16. The van der Waals surface area contributed by atoms with Crippen LogP contribution in [0.4, 0.5) is 8.78 Å². The molecule has 3 aromatic carbocycles. The summed E-state index contributed by atoms with van der Waals surface area (Å²) < 4.78 is 37.9. The minimum absolute atomic E-state index is 0.0557. The molecule has 4 aromatic rings. The number of fused-ring (bicyclic) bond motifs is 1. The lowest BCUT2D eigenvalue weighted by atomic mass is 9.99. The Morgan fingerprint density at radius 3 is 2.36 bits per heavy atom. The topological polar surface area (TPSA) is 44.9 Å². The van der Waals surface area contributed by atoms with E-state index in [1.54, 1.807) is 0 Å². The first-order chi connectivity index (χ1) is 19.0. The highest BCUT2D eigenvalue weighted by Gasteiger charge is 2.17. The molecule has 194 valence electrons. The van der Waals surface area contributed by atoms with Crippen molar-refractivity contribution in [2.24, 2.45) is 0 Å². The van der Waals surface area contributed by atoms with Gasteiger partial charge in [0.15, 0.2) is 17.5 Å².